The molecule has 0 aliphatic carbocycles. The zero-order chi connectivity index (χ0) is 13.0. The van der Waals surface area contributed by atoms with Crippen molar-refractivity contribution in [1.82, 2.24) is 5.32 Å². The summed E-state index contributed by atoms with van der Waals surface area (Å²) in [6.45, 7) is 2.30. The third-order valence-corrected chi connectivity index (χ3v) is 4.90. The third-order valence-electron chi connectivity index (χ3n) is 4.58. The first-order valence-electron chi connectivity index (χ1n) is 6.81. The maximum atomic E-state index is 6.44. The number of rotatable bonds is 0. The van der Waals surface area contributed by atoms with Crippen LogP contribution in [0.5, 0.6) is 0 Å². The lowest BCUT2D eigenvalue weighted by molar-refractivity contribution is 0.368. The molecule has 0 saturated carbocycles. The van der Waals surface area contributed by atoms with Crippen molar-refractivity contribution in [3.05, 3.63) is 69.7 Å². The van der Waals surface area contributed by atoms with Gasteiger partial charge in [-0.25, -0.2) is 0 Å². The van der Waals surface area contributed by atoms with Crippen molar-refractivity contribution >= 4 is 11.6 Å². The van der Waals surface area contributed by atoms with Crippen LogP contribution in [0.1, 0.15) is 35.2 Å². The molecule has 1 nitrogen and oxygen atoms in total. The van der Waals surface area contributed by atoms with E-state index in [4.69, 9.17) is 11.6 Å². The second-order valence-electron chi connectivity index (χ2n) is 5.88. The predicted octanol–water partition coefficient (Wildman–Crippen LogP) is 4.00. The van der Waals surface area contributed by atoms with Crippen LogP contribution in [-0.2, 0) is 18.4 Å². The fraction of sp³-hybridized carbons (Fsp3) is 0.294. The van der Waals surface area contributed by atoms with Crippen molar-refractivity contribution in [3.8, 4) is 0 Å². The Balaban J connectivity index is 1.94. The second-order valence-corrected chi connectivity index (χ2v) is 6.29. The van der Waals surface area contributed by atoms with E-state index in [2.05, 4.69) is 48.6 Å². The molecule has 0 spiro atoms. The van der Waals surface area contributed by atoms with E-state index in [9.17, 15) is 0 Å². The second kappa shape index (κ2) is 3.84. The van der Waals surface area contributed by atoms with Crippen LogP contribution in [0.4, 0.5) is 0 Å². The van der Waals surface area contributed by atoms with E-state index in [1.165, 1.54) is 22.3 Å². The number of benzene rings is 2. The number of hydrogen-bond acceptors (Lipinski definition) is 1. The molecule has 2 heterocycles. The van der Waals surface area contributed by atoms with Crippen LogP contribution >= 0.6 is 11.6 Å². The fourth-order valence-corrected chi connectivity index (χ4v) is 4.04. The lowest BCUT2D eigenvalue weighted by atomic mass is 9.82. The van der Waals surface area contributed by atoms with E-state index in [0.717, 1.165) is 17.9 Å². The van der Waals surface area contributed by atoms with Crippen LogP contribution in [0.3, 0.4) is 0 Å². The average molecular weight is 270 g/mol. The highest BCUT2D eigenvalue weighted by molar-refractivity contribution is 6.31. The summed E-state index contributed by atoms with van der Waals surface area (Å²) in [5.41, 5.74) is 5.61. The maximum absolute atomic E-state index is 6.44. The Kier molecular flexibility index (Phi) is 2.33. The van der Waals surface area contributed by atoms with E-state index in [1.54, 1.807) is 0 Å². The third kappa shape index (κ3) is 1.58. The summed E-state index contributed by atoms with van der Waals surface area (Å²) in [6.07, 6.45) is 2.06. The number of hydrogen-bond donors (Lipinski definition) is 1. The van der Waals surface area contributed by atoms with Gasteiger partial charge in [-0.15, -0.1) is 0 Å². The molecule has 2 aliphatic rings. The van der Waals surface area contributed by atoms with Crippen molar-refractivity contribution < 1.29 is 0 Å². The molecule has 0 aromatic heterocycles. The zero-order valence-corrected chi connectivity index (χ0v) is 11.7. The summed E-state index contributed by atoms with van der Waals surface area (Å²) in [6, 6.07) is 15.4. The Labute approximate surface area is 118 Å². The molecule has 2 heteroatoms. The lowest BCUT2D eigenvalue weighted by Gasteiger charge is -2.26. The standard InChI is InChI=1S/C17H16ClN/c1-17-10-12-6-3-2-5-11(12)9-15(19-17)16-13(17)7-4-8-14(16)18/h2-8,15,19H,9-10H2,1H3. The van der Waals surface area contributed by atoms with Gasteiger partial charge in [0.2, 0.25) is 0 Å². The van der Waals surface area contributed by atoms with Crippen molar-refractivity contribution in [1.29, 1.82) is 0 Å². The minimum atomic E-state index is 0.0114. The summed E-state index contributed by atoms with van der Waals surface area (Å²) in [5.74, 6) is 0. The normalized spacial score (nSPS) is 27.6. The first kappa shape index (κ1) is 11.5. The van der Waals surface area contributed by atoms with Gasteiger partial charge in [0.1, 0.15) is 0 Å². The van der Waals surface area contributed by atoms with Gasteiger partial charge in [-0.1, -0.05) is 48.0 Å². The van der Waals surface area contributed by atoms with Gasteiger partial charge >= 0.3 is 0 Å². The molecular weight excluding hydrogens is 254 g/mol. The molecule has 2 bridgehead atoms. The smallest absolute Gasteiger partial charge is 0.0457 e. The molecule has 2 atom stereocenters. The van der Waals surface area contributed by atoms with Crippen LogP contribution in [0.25, 0.3) is 0 Å². The van der Waals surface area contributed by atoms with Crippen LogP contribution in [-0.4, -0.2) is 0 Å². The van der Waals surface area contributed by atoms with E-state index in [0.29, 0.717) is 6.04 Å². The molecule has 0 saturated heterocycles. The van der Waals surface area contributed by atoms with Gasteiger partial charge in [-0.3, -0.25) is 5.32 Å². The molecule has 2 aromatic carbocycles. The van der Waals surface area contributed by atoms with Crippen LogP contribution in [0.15, 0.2) is 42.5 Å². The molecule has 19 heavy (non-hydrogen) atoms. The molecule has 0 radical (unpaired) electrons. The lowest BCUT2D eigenvalue weighted by Crippen LogP contribution is -2.36. The minimum Gasteiger partial charge on any atom is -0.300 e. The van der Waals surface area contributed by atoms with Gasteiger partial charge in [0, 0.05) is 16.6 Å². The van der Waals surface area contributed by atoms with Gasteiger partial charge in [-0.05, 0) is 48.1 Å². The van der Waals surface area contributed by atoms with Crippen molar-refractivity contribution in [2.45, 2.75) is 31.3 Å². The van der Waals surface area contributed by atoms with Gasteiger partial charge in [0.25, 0.3) is 0 Å². The Bertz CT molecular complexity index is 664. The Morgan fingerprint density at radius 3 is 2.74 bits per heavy atom. The number of nitrogens with one attached hydrogen (secondary N) is 1. The highest BCUT2D eigenvalue weighted by Gasteiger charge is 2.43. The molecule has 2 unspecified atom stereocenters. The summed E-state index contributed by atoms with van der Waals surface area (Å²) in [5, 5.41) is 4.70. The Morgan fingerprint density at radius 1 is 1.11 bits per heavy atom. The largest absolute Gasteiger partial charge is 0.300 e. The summed E-state index contributed by atoms with van der Waals surface area (Å²) >= 11 is 6.44. The number of fused-ring (bicyclic) bond motifs is 6. The predicted molar refractivity (Wildman–Crippen MR) is 78.5 cm³/mol. The first-order valence-corrected chi connectivity index (χ1v) is 7.18. The van der Waals surface area contributed by atoms with Gasteiger partial charge in [0.15, 0.2) is 0 Å². The monoisotopic (exact) mass is 269 g/mol. The topological polar surface area (TPSA) is 12.0 Å². The highest BCUT2D eigenvalue weighted by Crippen LogP contribution is 2.46. The van der Waals surface area contributed by atoms with Crippen molar-refractivity contribution in [2.75, 3.05) is 0 Å². The van der Waals surface area contributed by atoms with Crippen LogP contribution in [0, 0.1) is 0 Å². The van der Waals surface area contributed by atoms with Crippen molar-refractivity contribution in [3.63, 3.8) is 0 Å². The summed E-state index contributed by atoms with van der Waals surface area (Å²) < 4.78 is 0. The molecule has 0 amide bonds. The summed E-state index contributed by atoms with van der Waals surface area (Å²) in [4.78, 5) is 0. The molecule has 2 aromatic rings. The molecule has 4 rings (SSSR count). The maximum Gasteiger partial charge on any atom is 0.0457 e. The molecular formula is C17H16ClN. The summed E-state index contributed by atoms with van der Waals surface area (Å²) in [7, 11) is 0. The molecule has 0 fully saturated rings. The van der Waals surface area contributed by atoms with E-state index in [-0.39, 0.29) is 5.54 Å². The minimum absolute atomic E-state index is 0.0114. The Morgan fingerprint density at radius 2 is 1.89 bits per heavy atom. The van der Waals surface area contributed by atoms with Gasteiger partial charge in [0.05, 0.1) is 0 Å². The van der Waals surface area contributed by atoms with Crippen molar-refractivity contribution in [2.24, 2.45) is 0 Å². The van der Waals surface area contributed by atoms with E-state index >= 15 is 0 Å². The molecule has 2 aliphatic heterocycles. The average Bonchev–Trinajstić information content (AvgIpc) is 2.57. The van der Waals surface area contributed by atoms with Gasteiger partial charge in [-0.2, -0.15) is 0 Å². The van der Waals surface area contributed by atoms with Crippen LogP contribution in [0.2, 0.25) is 5.02 Å². The molecule has 1 N–H and O–H groups in total. The zero-order valence-electron chi connectivity index (χ0n) is 10.9. The fourth-order valence-electron chi connectivity index (χ4n) is 3.74. The SMILES string of the molecule is CC12Cc3ccccc3CC(N1)c1c(Cl)cccc12. The van der Waals surface area contributed by atoms with Gasteiger partial charge < -0.3 is 0 Å². The van der Waals surface area contributed by atoms with E-state index < -0.39 is 0 Å². The van der Waals surface area contributed by atoms with Crippen LogP contribution < -0.4 is 5.32 Å². The van der Waals surface area contributed by atoms with E-state index in [1.807, 2.05) is 6.07 Å². The first-order chi connectivity index (χ1) is 9.17. The number of halogens is 1. The Hall–Kier alpha value is -1.31. The quantitative estimate of drug-likeness (QED) is 0.762. The molecule has 96 valence electrons. The highest BCUT2D eigenvalue weighted by atomic mass is 35.5.